The lowest BCUT2D eigenvalue weighted by atomic mass is 10.2. The van der Waals surface area contributed by atoms with Crippen molar-refractivity contribution in [1.29, 1.82) is 0 Å². The topological polar surface area (TPSA) is 81.2 Å². The molecule has 0 bridgehead atoms. The summed E-state index contributed by atoms with van der Waals surface area (Å²) in [5.41, 5.74) is -0.483. The molecule has 0 saturated heterocycles. The molecule has 2 N–H and O–H groups in total. The van der Waals surface area contributed by atoms with Gasteiger partial charge in [0.05, 0.1) is 12.2 Å². The van der Waals surface area contributed by atoms with Gasteiger partial charge in [-0.3, -0.25) is 0 Å². The summed E-state index contributed by atoms with van der Waals surface area (Å²) < 4.78 is 91.7. The van der Waals surface area contributed by atoms with Crippen molar-refractivity contribution in [1.82, 2.24) is 15.0 Å². The number of halogens is 6. The van der Waals surface area contributed by atoms with Crippen LogP contribution in [0.1, 0.15) is 24.5 Å². The third kappa shape index (κ3) is 6.94. The van der Waals surface area contributed by atoms with E-state index >= 15 is 0 Å². The monoisotopic (exact) mass is 501 g/mol. The molecule has 0 aliphatic rings. The molecule has 13 heteroatoms. The van der Waals surface area contributed by atoms with Crippen LogP contribution in [0.25, 0.3) is 0 Å². The van der Waals surface area contributed by atoms with Gasteiger partial charge in [0.25, 0.3) is 0 Å². The number of benzene rings is 2. The highest BCUT2D eigenvalue weighted by Crippen LogP contribution is 2.24. The maximum Gasteiger partial charge on any atom is 0.323 e. The first kappa shape index (κ1) is 26.0. The van der Waals surface area contributed by atoms with E-state index in [1.807, 2.05) is 6.92 Å². The average Bonchev–Trinajstić information content (AvgIpc) is 2.86. The highest BCUT2D eigenvalue weighted by atomic mass is 19.2. The van der Waals surface area contributed by atoms with Crippen LogP contribution in [0.5, 0.6) is 6.01 Å². The lowest BCUT2D eigenvalue weighted by Gasteiger charge is -2.12. The second-order valence-corrected chi connectivity index (χ2v) is 7.12. The summed E-state index contributed by atoms with van der Waals surface area (Å²) in [7, 11) is 0. The van der Waals surface area contributed by atoms with Gasteiger partial charge in [-0.25, -0.2) is 26.3 Å². The summed E-state index contributed by atoms with van der Waals surface area (Å²) in [4.78, 5) is 12.0. The molecule has 3 rings (SSSR count). The van der Waals surface area contributed by atoms with Crippen molar-refractivity contribution in [3.8, 4) is 6.01 Å². The largest absolute Gasteiger partial charge is 0.458 e. The third-order valence-corrected chi connectivity index (χ3v) is 4.50. The number of hydrogen-bond acceptors (Lipinski definition) is 7. The molecular weight excluding hydrogens is 480 g/mol. The van der Waals surface area contributed by atoms with E-state index in [4.69, 9.17) is 9.47 Å². The van der Waals surface area contributed by atoms with Gasteiger partial charge in [-0.2, -0.15) is 15.0 Å². The molecule has 0 saturated carbocycles. The molecule has 35 heavy (non-hydrogen) atoms. The Labute approximate surface area is 196 Å². The van der Waals surface area contributed by atoms with Crippen LogP contribution in [-0.2, 0) is 17.9 Å². The van der Waals surface area contributed by atoms with Gasteiger partial charge in [0.15, 0.2) is 23.3 Å². The van der Waals surface area contributed by atoms with Crippen molar-refractivity contribution in [2.45, 2.75) is 26.5 Å². The summed E-state index contributed by atoms with van der Waals surface area (Å²) >= 11 is 0. The first-order valence-electron chi connectivity index (χ1n) is 10.5. The number of nitrogens with one attached hydrogen (secondary N) is 2. The molecule has 3 aromatic rings. The molecule has 0 aliphatic carbocycles. The van der Waals surface area contributed by atoms with Gasteiger partial charge in [-0.15, -0.1) is 0 Å². The van der Waals surface area contributed by atoms with Crippen LogP contribution in [0.4, 0.5) is 38.2 Å². The molecule has 7 nitrogen and oxygen atoms in total. The molecule has 0 radical (unpaired) electrons. The van der Waals surface area contributed by atoms with E-state index in [2.05, 4.69) is 25.6 Å². The minimum atomic E-state index is -2.27. The van der Waals surface area contributed by atoms with Crippen molar-refractivity contribution in [3.05, 3.63) is 70.3 Å². The van der Waals surface area contributed by atoms with Gasteiger partial charge in [0.2, 0.25) is 17.7 Å². The smallest absolute Gasteiger partial charge is 0.323 e. The van der Waals surface area contributed by atoms with E-state index < -0.39 is 53.1 Å². The SMILES string of the molecule is CCCOCCNc1nc(NCc2ccc(F)cc2)nc(OCc2c(F)c(F)c(F)c(F)c2F)n1. The molecule has 188 valence electrons. The second-order valence-electron chi connectivity index (χ2n) is 7.12. The van der Waals surface area contributed by atoms with Crippen molar-refractivity contribution >= 4 is 11.9 Å². The van der Waals surface area contributed by atoms with Gasteiger partial charge in [0.1, 0.15) is 12.4 Å². The van der Waals surface area contributed by atoms with Crippen molar-refractivity contribution in [3.63, 3.8) is 0 Å². The van der Waals surface area contributed by atoms with Gasteiger partial charge in [-0.1, -0.05) is 19.1 Å². The fourth-order valence-electron chi connectivity index (χ4n) is 2.76. The van der Waals surface area contributed by atoms with Crippen molar-refractivity contribution < 1.29 is 35.8 Å². The van der Waals surface area contributed by atoms with E-state index in [1.54, 1.807) is 0 Å². The van der Waals surface area contributed by atoms with Crippen LogP contribution in [0.15, 0.2) is 24.3 Å². The first-order chi connectivity index (χ1) is 16.8. The minimum Gasteiger partial charge on any atom is -0.458 e. The number of rotatable bonds is 12. The first-order valence-corrected chi connectivity index (χ1v) is 10.5. The fraction of sp³-hybridized carbons (Fsp3) is 0.318. The van der Waals surface area contributed by atoms with Crippen molar-refractivity contribution in [2.24, 2.45) is 0 Å². The summed E-state index contributed by atoms with van der Waals surface area (Å²) in [6.07, 6.45) is 0.832. The zero-order chi connectivity index (χ0) is 25.4. The number of nitrogens with zero attached hydrogens (tertiary/aromatic N) is 3. The highest BCUT2D eigenvalue weighted by Gasteiger charge is 2.26. The Hall–Kier alpha value is -3.61. The molecule has 2 aromatic carbocycles. The zero-order valence-corrected chi connectivity index (χ0v) is 18.5. The third-order valence-electron chi connectivity index (χ3n) is 4.50. The summed E-state index contributed by atoms with van der Waals surface area (Å²) in [6, 6.07) is 5.17. The summed E-state index contributed by atoms with van der Waals surface area (Å²) in [5.74, 6) is -10.9. The highest BCUT2D eigenvalue weighted by molar-refractivity contribution is 5.37. The second kappa shape index (κ2) is 12.2. The van der Waals surface area contributed by atoms with Crippen LogP contribution in [0.3, 0.4) is 0 Å². The molecular formula is C22H21F6N5O2. The fourth-order valence-corrected chi connectivity index (χ4v) is 2.76. The standard InChI is InChI=1S/C22H21F6N5O2/c1-2-8-34-9-7-29-20-31-21(30-10-12-3-5-13(23)6-4-12)33-22(32-20)35-11-14-15(24)17(26)19(28)18(27)16(14)25/h3-6H,2,7-11H2,1H3,(H2,29,30,31,32,33). The Morgan fingerprint density at radius 2 is 1.34 bits per heavy atom. The summed E-state index contributed by atoms with van der Waals surface area (Å²) in [5, 5.41) is 5.73. The quantitative estimate of drug-likeness (QED) is 0.161. The Bertz CT molecular complexity index is 1120. The number of anilines is 2. The number of hydrogen-bond donors (Lipinski definition) is 2. The molecule has 0 fully saturated rings. The normalized spacial score (nSPS) is 10.9. The maximum atomic E-state index is 13.9. The Balaban J connectivity index is 1.77. The minimum absolute atomic E-state index is 0.00844. The molecule has 0 amide bonds. The van der Waals surface area contributed by atoms with Gasteiger partial charge >= 0.3 is 6.01 Å². The predicted molar refractivity (Wildman–Crippen MR) is 114 cm³/mol. The molecule has 0 unspecified atom stereocenters. The lowest BCUT2D eigenvalue weighted by molar-refractivity contribution is 0.144. The zero-order valence-electron chi connectivity index (χ0n) is 18.5. The van der Waals surface area contributed by atoms with E-state index in [0.29, 0.717) is 25.3 Å². The van der Waals surface area contributed by atoms with Crippen LogP contribution in [-0.4, -0.2) is 34.7 Å². The summed E-state index contributed by atoms with van der Waals surface area (Å²) in [6.45, 7) is 2.29. The molecule has 0 spiro atoms. The Morgan fingerprint density at radius 3 is 1.97 bits per heavy atom. The average molecular weight is 501 g/mol. The van der Waals surface area contributed by atoms with Crippen LogP contribution >= 0.6 is 0 Å². The number of aromatic nitrogens is 3. The Morgan fingerprint density at radius 1 is 0.743 bits per heavy atom. The van der Waals surface area contributed by atoms with E-state index in [0.717, 1.165) is 6.42 Å². The van der Waals surface area contributed by atoms with Gasteiger partial charge in [-0.05, 0) is 24.1 Å². The van der Waals surface area contributed by atoms with Crippen LogP contribution < -0.4 is 15.4 Å². The number of ether oxygens (including phenoxy) is 2. The lowest BCUT2D eigenvalue weighted by Crippen LogP contribution is -2.15. The van der Waals surface area contributed by atoms with Crippen LogP contribution in [0.2, 0.25) is 0 Å². The predicted octanol–water partition coefficient (Wildman–Crippen LogP) is 4.74. The van der Waals surface area contributed by atoms with Gasteiger partial charge < -0.3 is 20.1 Å². The molecule has 1 aromatic heterocycles. The molecule has 1 heterocycles. The van der Waals surface area contributed by atoms with Crippen LogP contribution in [0, 0.1) is 34.9 Å². The van der Waals surface area contributed by atoms with Gasteiger partial charge in [0, 0.05) is 19.7 Å². The molecule has 0 atom stereocenters. The van der Waals surface area contributed by atoms with E-state index in [9.17, 15) is 26.3 Å². The Kier molecular flexibility index (Phi) is 9.06. The maximum absolute atomic E-state index is 13.9. The van der Waals surface area contributed by atoms with E-state index in [1.165, 1.54) is 24.3 Å². The van der Waals surface area contributed by atoms with E-state index in [-0.39, 0.29) is 18.4 Å². The molecule has 0 aliphatic heterocycles. The van der Waals surface area contributed by atoms with Crippen molar-refractivity contribution in [2.75, 3.05) is 30.4 Å².